The third-order valence-electron chi connectivity index (χ3n) is 4.73. The molecular formula is C20H17NO3S. The van der Waals surface area contributed by atoms with E-state index in [1.807, 2.05) is 19.1 Å². The summed E-state index contributed by atoms with van der Waals surface area (Å²) in [5.41, 5.74) is 2.05. The van der Waals surface area contributed by atoms with Crippen LogP contribution in [0, 0.1) is 6.92 Å². The number of hydrogen-bond donors (Lipinski definition) is 0. The maximum absolute atomic E-state index is 13.2. The maximum Gasteiger partial charge on any atom is 0.258 e. The molecule has 0 saturated heterocycles. The first-order chi connectivity index (χ1) is 12.0. The zero-order valence-corrected chi connectivity index (χ0v) is 14.8. The van der Waals surface area contributed by atoms with Gasteiger partial charge in [-0.25, -0.2) is 8.42 Å². The molecule has 0 aromatic heterocycles. The molecular weight excluding hydrogens is 334 g/mol. The van der Waals surface area contributed by atoms with Crippen LogP contribution in [-0.4, -0.2) is 20.9 Å². The van der Waals surface area contributed by atoms with Crippen LogP contribution in [0.1, 0.15) is 22.8 Å². The van der Waals surface area contributed by atoms with Crippen LogP contribution in [0.15, 0.2) is 64.4 Å². The Balaban J connectivity index is 2.05. The van der Waals surface area contributed by atoms with E-state index in [0.29, 0.717) is 28.0 Å². The molecule has 25 heavy (non-hydrogen) atoms. The van der Waals surface area contributed by atoms with Crippen molar-refractivity contribution < 1.29 is 13.2 Å². The van der Waals surface area contributed by atoms with Crippen molar-refractivity contribution in [2.75, 3.05) is 11.4 Å². The van der Waals surface area contributed by atoms with E-state index < -0.39 is 9.84 Å². The molecule has 3 aromatic carbocycles. The Morgan fingerprint density at radius 1 is 0.920 bits per heavy atom. The second-order valence-electron chi connectivity index (χ2n) is 6.13. The Labute approximate surface area is 146 Å². The van der Waals surface area contributed by atoms with Gasteiger partial charge in [-0.15, -0.1) is 0 Å². The number of sulfone groups is 1. The number of hydrogen-bond acceptors (Lipinski definition) is 3. The zero-order chi connectivity index (χ0) is 17.8. The third-order valence-corrected chi connectivity index (χ3v) is 6.71. The second-order valence-corrected chi connectivity index (χ2v) is 8.02. The van der Waals surface area contributed by atoms with Crippen molar-refractivity contribution in [2.24, 2.45) is 0 Å². The van der Waals surface area contributed by atoms with Crippen molar-refractivity contribution in [3.05, 3.63) is 65.7 Å². The summed E-state index contributed by atoms with van der Waals surface area (Å²) in [4.78, 5) is 14.8. The number of anilines is 1. The molecule has 0 N–H and O–H groups in total. The molecule has 0 bridgehead atoms. The molecule has 0 unspecified atom stereocenters. The van der Waals surface area contributed by atoms with E-state index in [0.717, 1.165) is 11.1 Å². The SMILES string of the molecule is CCN1C(=O)c2ccc(S(=O)(=O)c3ccccc3C)c3cccc1c23. The predicted molar refractivity (Wildman–Crippen MR) is 97.9 cm³/mol. The van der Waals surface area contributed by atoms with Crippen molar-refractivity contribution in [3.63, 3.8) is 0 Å². The lowest BCUT2D eigenvalue weighted by molar-refractivity contribution is 0.0994. The summed E-state index contributed by atoms with van der Waals surface area (Å²) in [7, 11) is -3.67. The highest BCUT2D eigenvalue weighted by Gasteiger charge is 2.32. The van der Waals surface area contributed by atoms with E-state index in [9.17, 15) is 13.2 Å². The lowest BCUT2D eigenvalue weighted by Crippen LogP contribution is -2.25. The van der Waals surface area contributed by atoms with Gasteiger partial charge in [0.05, 0.1) is 15.5 Å². The Hall–Kier alpha value is -2.66. The van der Waals surface area contributed by atoms with Crippen LogP contribution in [0.25, 0.3) is 10.8 Å². The van der Waals surface area contributed by atoms with Crippen LogP contribution < -0.4 is 4.90 Å². The fourth-order valence-electron chi connectivity index (χ4n) is 3.54. The van der Waals surface area contributed by atoms with Gasteiger partial charge in [-0.1, -0.05) is 30.3 Å². The minimum atomic E-state index is -3.67. The van der Waals surface area contributed by atoms with Crippen molar-refractivity contribution in [1.29, 1.82) is 0 Å². The summed E-state index contributed by atoms with van der Waals surface area (Å²) >= 11 is 0. The van der Waals surface area contributed by atoms with Crippen LogP contribution in [0.5, 0.6) is 0 Å². The third kappa shape index (κ3) is 2.12. The highest BCUT2D eigenvalue weighted by Crippen LogP contribution is 2.41. The molecule has 1 amide bonds. The molecule has 0 spiro atoms. The maximum atomic E-state index is 13.2. The molecule has 5 heteroatoms. The van der Waals surface area contributed by atoms with E-state index in [4.69, 9.17) is 0 Å². The Morgan fingerprint density at radius 2 is 1.68 bits per heavy atom. The number of carbonyl (C=O) groups excluding carboxylic acids is 1. The van der Waals surface area contributed by atoms with Gasteiger partial charge in [0.2, 0.25) is 9.84 Å². The summed E-state index contributed by atoms with van der Waals surface area (Å²) in [6, 6.07) is 15.6. The molecule has 1 aliphatic heterocycles. The van der Waals surface area contributed by atoms with Crippen LogP contribution in [0.3, 0.4) is 0 Å². The summed E-state index contributed by atoms with van der Waals surface area (Å²) in [5.74, 6) is -0.0754. The molecule has 0 aliphatic carbocycles. The summed E-state index contributed by atoms with van der Waals surface area (Å²) in [5, 5.41) is 1.33. The monoisotopic (exact) mass is 351 g/mol. The van der Waals surface area contributed by atoms with Crippen molar-refractivity contribution in [2.45, 2.75) is 23.6 Å². The average Bonchev–Trinajstić information content (AvgIpc) is 2.88. The molecule has 1 aliphatic rings. The fraction of sp³-hybridized carbons (Fsp3) is 0.150. The smallest absolute Gasteiger partial charge is 0.258 e. The second kappa shape index (κ2) is 5.43. The zero-order valence-electron chi connectivity index (χ0n) is 14.0. The molecule has 1 heterocycles. The number of nitrogens with zero attached hydrogens (tertiary/aromatic N) is 1. The molecule has 0 atom stereocenters. The highest BCUT2D eigenvalue weighted by molar-refractivity contribution is 7.91. The van der Waals surface area contributed by atoms with Gasteiger partial charge in [-0.2, -0.15) is 0 Å². The van der Waals surface area contributed by atoms with Gasteiger partial charge in [0.25, 0.3) is 5.91 Å². The first-order valence-electron chi connectivity index (χ1n) is 8.15. The summed E-state index contributed by atoms with van der Waals surface area (Å²) in [6.45, 7) is 4.25. The number of benzene rings is 3. The van der Waals surface area contributed by atoms with E-state index in [-0.39, 0.29) is 10.8 Å². The van der Waals surface area contributed by atoms with Crippen molar-refractivity contribution >= 4 is 32.2 Å². The largest absolute Gasteiger partial charge is 0.308 e. The Bertz CT molecular complexity index is 1130. The normalized spacial score (nSPS) is 13.7. The van der Waals surface area contributed by atoms with Crippen LogP contribution in [-0.2, 0) is 9.84 Å². The van der Waals surface area contributed by atoms with E-state index in [1.165, 1.54) is 0 Å². The molecule has 4 nitrogen and oxygen atoms in total. The van der Waals surface area contributed by atoms with Crippen LogP contribution >= 0.6 is 0 Å². The van der Waals surface area contributed by atoms with Crippen molar-refractivity contribution in [1.82, 2.24) is 0 Å². The lowest BCUT2D eigenvalue weighted by Gasteiger charge is -2.14. The minimum Gasteiger partial charge on any atom is -0.308 e. The van der Waals surface area contributed by atoms with E-state index >= 15 is 0 Å². The summed E-state index contributed by atoms with van der Waals surface area (Å²) < 4.78 is 26.5. The number of rotatable bonds is 3. The number of aryl methyl sites for hydroxylation is 1. The topological polar surface area (TPSA) is 54.5 Å². The molecule has 0 radical (unpaired) electrons. The number of carbonyl (C=O) groups is 1. The van der Waals surface area contributed by atoms with Gasteiger partial charge in [0, 0.05) is 22.9 Å². The van der Waals surface area contributed by atoms with E-state index in [2.05, 4.69) is 0 Å². The number of amides is 1. The van der Waals surface area contributed by atoms with E-state index in [1.54, 1.807) is 54.3 Å². The molecule has 0 saturated carbocycles. The minimum absolute atomic E-state index is 0.0754. The standard InChI is InChI=1S/C20H17NO3S/c1-3-21-16-9-6-8-14-18(12-11-15(19(14)16)20(21)22)25(23,24)17-10-5-4-7-13(17)2/h4-12H,3H2,1-2H3. The fourth-order valence-corrected chi connectivity index (χ4v) is 5.24. The van der Waals surface area contributed by atoms with Gasteiger partial charge in [0.15, 0.2) is 0 Å². The quantitative estimate of drug-likeness (QED) is 0.718. The first kappa shape index (κ1) is 15.8. The van der Waals surface area contributed by atoms with Crippen molar-refractivity contribution in [3.8, 4) is 0 Å². The average molecular weight is 351 g/mol. The summed E-state index contributed by atoms with van der Waals surface area (Å²) in [6.07, 6.45) is 0. The van der Waals surface area contributed by atoms with Gasteiger partial charge >= 0.3 is 0 Å². The van der Waals surface area contributed by atoms with Gasteiger partial charge in [-0.05, 0) is 43.7 Å². The highest BCUT2D eigenvalue weighted by atomic mass is 32.2. The Kier molecular flexibility index (Phi) is 3.44. The van der Waals surface area contributed by atoms with Gasteiger partial charge in [-0.3, -0.25) is 4.79 Å². The lowest BCUT2D eigenvalue weighted by atomic mass is 10.1. The molecule has 4 rings (SSSR count). The molecule has 0 fully saturated rings. The molecule has 3 aromatic rings. The predicted octanol–water partition coefficient (Wildman–Crippen LogP) is 3.96. The first-order valence-corrected chi connectivity index (χ1v) is 9.63. The van der Waals surface area contributed by atoms with Crippen LogP contribution in [0.4, 0.5) is 5.69 Å². The van der Waals surface area contributed by atoms with Gasteiger partial charge < -0.3 is 4.90 Å². The van der Waals surface area contributed by atoms with Gasteiger partial charge in [0.1, 0.15) is 0 Å². The van der Waals surface area contributed by atoms with Crippen LogP contribution in [0.2, 0.25) is 0 Å². The molecule has 126 valence electrons. The Morgan fingerprint density at radius 3 is 2.40 bits per heavy atom.